The zero-order chi connectivity index (χ0) is 22.1. The summed E-state index contributed by atoms with van der Waals surface area (Å²) < 4.78 is 10.8. The fraction of sp³-hybridized carbons (Fsp3) is 0.556. The Morgan fingerprint density at radius 3 is 2.19 bits per heavy atom. The molecule has 32 heavy (non-hydrogen) atoms. The minimum atomic E-state index is -0.148. The third-order valence-electron chi connectivity index (χ3n) is 9.20. The van der Waals surface area contributed by atoms with Gasteiger partial charge in [-0.1, -0.05) is 26.0 Å². The molecule has 2 saturated heterocycles. The summed E-state index contributed by atoms with van der Waals surface area (Å²) in [5, 5.41) is 2.31. The molecule has 2 aliphatic heterocycles. The lowest BCUT2D eigenvalue weighted by Crippen LogP contribution is -2.62. The molecule has 2 heterocycles. The van der Waals surface area contributed by atoms with Gasteiger partial charge in [0.25, 0.3) is 0 Å². The van der Waals surface area contributed by atoms with E-state index in [0.717, 1.165) is 37.1 Å². The first kappa shape index (κ1) is 20.4. The molecule has 0 radical (unpaired) electrons. The fourth-order valence-electron chi connectivity index (χ4n) is 7.26. The SMILES string of the molecule is COc1ccc(N2CN3O[C@]4(CC[C@H]5C[C@@H]4C5(C)C)C[C@@]3(c3ccc(OC)cc3)C2)cc1. The molecule has 2 bridgehead atoms. The maximum atomic E-state index is 7.05. The summed E-state index contributed by atoms with van der Waals surface area (Å²) in [5.41, 5.74) is 2.73. The molecule has 3 aliphatic carbocycles. The molecule has 0 aromatic heterocycles. The van der Waals surface area contributed by atoms with E-state index in [9.17, 15) is 0 Å². The van der Waals surface area contributed by atoms with Crippen LogP contribution in [0.5, 0.6) is 11.5 Å². The maximum absolute atomic E-state index is 7.05. The van der Waals surface area contributed by atoms with Gasteiger partial charge in [-0.25, -0.2) is 0 Å². The number of hydrogen-bond acceptors (Lipinski definition) is 5. The molecular weight excluding hydrogens is 400 g/mol. The Labute approximate surface area is 191 Å². The van der Waals surface area contributed by atoms with E-state index in [1.807, 2.05) is 12.1 Å². The normalized spacial score (nSPS) is 34.9. The Morgan fingerprint density at radius 2 is 1.59 bits per heavy atom. The van der Waals surface area contributed by atoms with E-state index in [1.165, 1.54) is 30.5 Å². The molecule has 5 nitrogen and oxygen atoms in total. The largest absolute Gasteiger partial charge is 0.497 e. The number of hydrogen-bond donors (Lipinski definition) is 0. The number of nitrogens with zero attached hydrogens (tertiary/aromatic N) is 2. The molecule has 5 fully saturated rings. The summed E-state index contributed by atoms with van der Waals surface area (Å²) in [6.07, 6.45) is 4.85. The minimum Gasteiger partial charge on any atom is -0.497 e. The smallest absolute Gasteiger partial charge is 0.119 e. The fourth-order valence-corrected chi connectivity index (χ4v) is 7.26. The lowest BCUT2D eigenvalue weighted by molar-refractivity contribution is -0.285. The lowest BCUT2D eigenvalue weighted by Gasteiger charge is -2.63. The standard InChI is InChI=1S/C27H34N2O3/c1-25(2)20-13-14-27(24(25)15-20)16-26(19-5-9-22(30-3)10-6-19)17-28(18-29(26)32-27)21-7-11-23(31-4)12-8-21/h5-12,20,24H,13-18H2,1-4H3/t20-,24+,26-,27+/m0/s1. The zero-order valence-corrected chi connectivity index (χ0v) is 19.6. The summed E-state index contributed by atoms with van der Waals surface area (Å²) in [6, 6.07) is 17.0. The van der Waals surface area contributed by atoms with Crippen molar-refractivity contribution in [2.45, 2.75) is 50.7 Å². The highest BCUT2D eigenvalue weighted by Gasteiger charge is 2.69. The highest BCUT2D eigenvalue weighted by Crippen LogP contribution is 2.68. The Balaban J connectivity index is 1.37. The molecule has 0 unspecified atom stereocenters. The van der Waals surface area contributed by atoms with Gasteiger partial charge in [-0.3, -0.25) is 4.84 Å². The van der Waals surface area contributed by atoms with Gasteiger partial charge < -0.3 is 14.4 Å². The van der Waals surface area contributed by atoms with Crippen LogP contribution in [0, 0.1) is 17.3 Å². The van der Waals surface area contributed by atoms with Crippen LogP contribution >= 0.6 is 0 Å². The molecule has 3 saturated carbocycles. The number of hydroxylamine groups is 2. The number of methoxy groups -OCH3 is 2. The number of benzene rings is 2. The van der Waals surface area contributed by atoms with Crippen molar-refractivity contribution < 1.29 is 14.3 Å². The Kier molecular flexibility index (Phi) is 4.38. The molecular formula is C27H34N2O3. The van der Waals surface area contributed by atoms with Crippen molar-refractivity contribution in [3.8, 4) is 11.5 Å². The number of fused-ring (bicyclic) bond motifs is 2. The summed E-state index contributed by atoms with van der Waals surface area (Å²) in [5.74, 6) is 3.29. The molecule has 5 heteroatoms. The average molecular weight is 435 g/mol. The van der Waals surface area contributed by atoms with Crippen molar-refractivity contribution in [1.82, 2.24) is 5.06 Å². The van der Waals surface area contributed by atoms with Gasteiger partial charge >= 0.3 is 0 Å². The highest BCUT2D eigenvalue weighted by molar-refractivity contribution is 5.52. The molecule has 2 aromatic carbocycles. The maximum Gasteiger partial charge on any atom is 0.119 e. The number of rotatable bonds is 4. The van der Waals surface area contributed by atoms with Crippen LogP contribution in [0.2, 0.25) is 0 Å². The van der Waals surface area contributed by atoms with Crippen LogP contribution in [0.25, 0.3) is 0 Å². The first-order chi connectivity index (χ1) is 15.4. The van der Waals surface area contributed by atoms with Gasteiger partial charge in [0.15, 0.2) is 0 Å². The van der Waals surface area contributed by atoms with Crippen molar-refractivity contribution in [3.05, 3.63) is 54.1 Å². The second-order valence-electron chi connectivity index (χ2n) is 10.9. The first-order valence-corrected chi connectivity index (χ1v) is 11.9. The van der Waals surface area contributed by atoms with Gasteiger partial charge in [-0.2, -0.15) is 5.06 Å². The molecule has 7 rings (SSSR count). The van der Waals surface area contributed by atoms with Crippen LogP contribution in [-0.2, 0) is 10.4 Å². The van der Waals surface area contributed by atoms with Gasteiger partial charge in [0, 0.05) is 18.7 Å². The molecule has 170 valence electrons. The van der Waals surface area contributed by atoms with E-state index in [2.05, 4.69) is 60.2 Å². The van der Waals surface area contributed by atoms with Gasteiger partial charge in [0.1, 0.15) is 11.5 Å². The van der Waals surface area contributed by atoms with E-state index >= 15 is 0 Å². The summed E-state index contributed by atoms with van der Waals surface area (Å²) >= 11 is 0. The van der Waals surface area contributed by atoms with E-state index < -0.39 is 0 Å². The molecule has 4 atom stereocenters. The van der Waals surface area contributed by atoms with Crippen LogP contribution in [-0.4, -0.2) is 38.1 Å². The van der Waals surface area contributed by atoms with Crippen LogP contribution in [0.15, 0.2) is 48.5 Å². The summed E-state index contributed by atoms with van der Waals surface area (Å²) in [6.45, 7) is 6.62. The Bertz CT molecular complexity index is 1000. The van der Waals surface area contributed by atoms with E-state index in [-0.39, 0.29) is 11.1 Å². The van der Waals surface area contributed by atoms with Crippen LogP contribution < -0.4 is 14.4 Å². The minimum absolute atomic E-state index is 0.0375. The molecule has 5 aliphatic rings. The highest BCUT2D eigenvalue weighted by atomic mass is 16.7. The number of anilines is 1. The molecule has 2 aromatic rings. The van der Waals surface area contributed by atoms with Crippen LogP contribution in [0.4, 0.5) is 5.69 Å². The first-order valence-electron chi connectivity index (χ1n) is 11.9. The molecule has 1 spiro atoms. The van der Waals surface area contributed by atoms with Gasteiger partial charge in [-0.15, -0.1) is 0 Å². The van der Waals surface area contributed by atoms with Crippen molar-refractivity contribution >= 4 is 5.69 Å². The summed E-state index contributed by atoms with van der Waals surface area (Å²) in [7, 11) is 3.44. The third-order valence-corrected chi connectivity index (χ3v) is 9.20. The zero-order valence-electron chi connectivity index (χ0n) is 19.6. The van der Waals surface area contributed by atoms with Gasteiger partial charge in [-0.05, 0) is 78.5 Å². The van der Waals surface area contributed by atoms with E-state index in [0.29, 0.717) is 11.3 Å². The monoisotopic (exact) mass is 434 g/mol. The molecule has 0 N–H and O–H groups in total. The van der Waals surface area contributed by atoms with E-state index in [1.54, 1.807) is 14.2 Å². The number of ether oxygens (including phenoxy) is 2. The van der Waals surface area contributed by atoms with Crippen molar-refractivity contribution in [3.63, 3.8) is 0 Å². The predicted octanol–water partition coefficient (Wildman–Crippen LogP) is 5.21. The second-order valence-corrected chi connectivity index (χ2v) is 10.9. The Morgan fingerprint density at radius 1 is 0.938 bits per heavy atom. The van der Waals surface area contributed by atoms with Crippen molar-refractivity contribution in [1.29, 1.82) is 0 Å². The summed E-state index contributed by atoms with van der Waals surface area (Å²) in [4.78, 5) is 9.48. The third kappa shape index (κ3) is 2.70. The predicted molar refractivity (Wildman–Crippen MR) is 125 cm³/mol. The van der Waals surface area contributed by atoms with E-state index in [4.69, 9.17) is 14.3 Å². The van der Waals surface area contributed by atoms with Gasteiger partial charge in [0.05, 0.1) is 32.0 Å². The molecule has 0 amide bonds. The average Bonchev–Trinajstić information content (AvgIpc) is 3.31. The lowest BCUT2D eigenvalue weighted by atomic mass is 9.43. The second kappa shape index (κ2) is 6.88. The van der Waals surface area contributed by atoms with Gasteiger partial charge in [0.2, 0.25) is 0 Å². The van der Waals surface area contributed by atoms with Crippen molar-refractivity contribution in [2.75, 3.05) is 32.3 Å². The topological polar surface area (TPSA) is 34.2 Å². The van der Waals surface area contributed by atoms with Crippen LogP contribution in [0.3, 0.4) is 0 Å². The Hall–Kier alpha value is -2.24. The van der Waals surface area contributed by atoms with Crippen LogP contribution in [0.1, 0.15) is 45.1 Å². The van der Waals surface area contributed by atoms with Crippen molar-refractivity contribution in [2.24, 2.45) is 17.3 Å². The quantitative estimate of drug-likeness (QED) is 0.660.